The third kappa shape index (κ3) is 6.31. The average Bonchev–Trinajstić information content (AvgIpc) is 2.62. The van der Waals surface area contributed by atoms with Crippen LogP contribution in [0.25, 0.3) is 0 Å². The first-order valence-electron chi connectivity index (χ1n) is 6.28. The Labute approximate surface area is 161 Å². The van der Waals surface area contributed by atoms with E-state index in [-0.39, 0.29) is 21.4 Å². The van der Waals surface area contributed by atoms with Crippen LogP contribution in [0.2, 0.25) is 10.0 Å². The summed E-state index contributed by atoms with van der Waals surface area (Å²) in [7, 11) is 1.28. The number of carbonyl (C=O) groups is 2. The number of hydrogen-bond acceptors (Lipinski definition) is 9. The summed E-state index contributed by atoms with van der Waals surface area (Å²) in [6, 6.07) is 0. The summed E-state index contributed by atoms with van der Waals surface area (Å²) in [4.78, 5) is 36.9. The van der Waals surface area contributed by atoms with Gasteiger partial charge in [0, 0.05) is 0 Å². The molecule has 0 fully saturated rings. The van der Waals surface area contributed by atoms with Crippen LogP contribution in [0, 0.1) is 0 Å². The lowest BCUT2D eigenvalue weighted by Gasteiger charge is -2.01. The third-order valence-corrected chi connectivity index (χ3v) is 4.07. The average molecular weight is 423 g/mol. The topological polar surface area (TPSA) is 115 Å². The first-order chi connectivity index (χ1) is 11.8. The monoisotopic (exact) mass is 422 g/mol. The molecule has 2 heterocycles. The molecule has 0 bridgehead atoms. The van der Waals surface area contributed by atoms with Crippen molar-refractivity contribution in [3.63, 3.8) is 0 Å². The Kier molecular flexibility index (Phi) is 8.90. The summed E-state index contributed by atoms with van der Waals surface area (Å²) < 4.78 is 4.49. The largest absolute Gasteiger partial charge is 0.476 e. The molecule has 0 saturated carbocycles. The standard InChI is InChI=1S/C7H7ClN2O2S.C6H5ClN2O2S/c1-12-6(11)5-4(8)3-9-7(10-5)13-2;1-12-6-8-2-3(7)4(9-6)5(10)11/h3H,1-2H3;2H,1H3,(H,10,11). The Morgan fingerprint density at radius 3 is 1.84 bits per heavy atom. The van der Waals surface area contributed by atoms with Gasteiger partial charge in [-0.15, -0.1) is 0 Å². The molecule has 2 aromatic rings. The maximum absolute atomic E-state index is 11.1. The highest BCUT2D eigenvalue weighted by Crippen LogP contribution is 2.17. The Morgan fingerprint density at radius 1 is 1.00 bits per heavy atom. The molecule has 0 radical (unpaired) electrons. The number of carboxylic acids is 1. The summed E-state index contributed by atoms with van der Waals surface area (Å²) in [6.45, 7) is 0. The van der Waals surface area contributed by atoms with Gasteiger partial charge in [0.1, 0.15) is 0 Å². The van der Waals surface area contributed by atoms with Crippen molar-refractivity contribution in [2.75, 3.05) is 19.6 Å². The molecule has 2 rings (SSSR count). The van der Waals surface area contributed by atoms with Gasteiger partial charge in [0.25, 0.3) is 0 Å². The number of rotatable bonds is 4. The van der Waals surface area contributed by atoms with Crippen LogP contribution in [0.4, 0.5) is 0 Å². The fraction of sp³-hybridized carbons (Fsp3) is 0.231. The van der Waals surface area contributed by atoms with E-state index in [1.807, 2.05) is 6.26 Å². The van der Waals surface area contributed by atoms with E-state index >= 15 is 0 Å². The van der Waals surface area contributed by atoms with E-state index in [4.69, 9.17) is 28.3 Å². The Balaban J connectivity index is 0.000000251. The normalized spacial score (nSPS) is 9.80. The van der Waals surface area contributed by atoms with Gasteiger partial charge >= 0.3 is 11.9 Å². The predicted molar refractivity (Wildman–Crippen MR) is 95.9 cm³/mol. The number of aromatic nitrogens is 4. The molecule has 8 nitrogen and oxygen atoms in total. The molecule has 0 aliphatic rings. The van der Waals surface area contributed by atoms with Crippen LogP contribution in [0.1, 0.15) is 21.0 Å². The fourth-order valence-corrected chi connectivity index (χ4v) is 2.31. The second kappa shape index (κ2) is 10.4. The highest BCUT2D eigenvalue weighted by Gasteiger charge is 2.13. The zero-order valence-corrected chi connectivity index (χ0v) is 16.3. The maximum Gasteiger partial charge on any atom is 0.358 e. The molecular weight excluding hydrogens is 411 g/mol. The van der Waals surface area contributed by atoms with Gasteiger partial charge in [-0.25, -0.2) is 29.5 Å². The highest BCUT2D eigenvalue weighted by atomic mass is 35.5. The number of carboxylic acid groups (broad SMARTS) is 1. The van der Waals surface area contributed by atoms with Crippen molar-refractivity contribution in [2.45, 2.75) is 10.3 Å². The number of esters is 1. The summed E-state index contributed by atoms with van der Waals surface area (Å²) >= 11 is 13.8. The minimum Gasteiger partial charge on any atom is -0.476 e. The molecule has 2 aromatic heterocycles. The molecule has 0 spiro atoms. The van der Waals surface area contributed by atoms with Crippen molar-refractivity contribution >= 4 is 58.7 Å². The van der Waals surface area contributed by atoms with Crippen LogP contribution in [-0.4, -0.2) is 56.6 Å². The van der Waals surface area contributed by atoms with Gasteiger partial charge in [0.2, 0.25) is 0 Å². The third-order valence-electron chi connectivity index (χ3n) is 2.39. The molecule has 0 aliphatic heterocycles. The Bertz CT molecular complexity index is 780. The van der Waals surface area contributed by atoms with Crippen molar-refractivity contribution in [3.8, 4) is 0 Å². The SMILES string of the molecule is COC(=O)c1nc(SC)ncc1Cl.CSc1ncc(Cl)c(C(=O)O)n1. The van der Waals surface area contributed by atoms with Gasteiger partial charge in [-0.05, 0) is 12.5 Å². The van der Waals surface area contributed by atoms with Gasteiger partial charge in [0.15, 0.2) is 21.7 Å². The second-order valence-electron chi connectivity index (χ2n) is 3.90. The van der Waals surface area contributed by atoms with Crippen molar-refractivity contribution in [1.29, 1.82) is 0 Å². The van der Waals surface area contributed by atoms with Gasteiger partial charge in [0.05, 0.1) is 29.5 Å². The minimum absolute atomic E-state index is 0.0558. The first kappa shape index (κ1) is 21.4. The smallest absolute Gasteiger partial charge is 0.358 e. The van der Waals surface area contributed by atoms with Crippen LogP contribution < -0.4 is 0 Å². The molecule has 0 aromatic carbocycles. The van der Waals surface area contributed by atoms with Crippen LogP contribution in [0.5, 0.6) is 0 Å². The van der Waals surface area contributed by atoms with Crippen molar-refractivity contribution in [1.82, 2.24) is 19.9 Å². The van der Waals surface area contributed by atoms with Crippen molar-refractivity contribution < 1.29 is 19.4 Å². The molecule has 0 saturated heterocycles. The summed E-state index contributed by atoms with van der Waals surface area (Å²) in [5, 5.41) is 9.75. The molecule has 0 unspecified atom stereocenters. The maximum atomic E-state index is 11.1. The van der Waals surface area contributed by atoms with Crippen LogP contribution in [0.3, 0.4) is 0 Å². The van der Waals surface area contributed by atoms with Crippen LogP contribution >= 0.6 is 46.7 Å². The minimum atomic E-state index is -1.14. The van der Waals surface area contributed by atoms with E-state index < -0.39 is 11.9 Å². The van der Waals surface area contributed by atoms with E-state index in [0.717, 1.165) is 0 Å². The number of hydrogen-bond donors (Lipinski definition) is 1. The van der Waals surface area contributed by atoms with Gasteiger partial charge in [-0.2, -0.15) is 0 Å². The predicted octanol–water partition coefficient (Wildman–Crippen LogP) is 3.19. The molecule has 0 atom stereocenters. The number of methoxy groups -OCH3 is 1. The van der Waals surface area contributed by atoms with Crippen LogP contribution in [-0.2, 0) is 4.74 Å². The van der Waals surface area contributed by atoms with Gasteiger partial charge < -0.3 is 9.84 Å². The molecule has 12 heteroatoms. The second-order valence-corrected chi connectivity index (χ2v) is 6.26. The first-order valence-corrected chi connectivity index (χ1v) is 9.49. The van der Waals surface area contributed by atoms with E-state index in [2.05, 4.69) is 24.7 Å². The fourth-order valence-electron chi connectivity index (χ4n) is 1.29. The van der Waals surface area contributed by atoms with Gasteiger partial charge in [-0.1, -0.05) is 46.7 Å². The number of halogens is 2. The lowest BCUT2D eigenvalue weighted by molar-refractivity contribution is 0.0592. The Hall–Kier alpha value is -1.62. The van der Waals surface area contributed by atoms with E-state index in [1.165, 1.54) is 43.0 Å². The van der Waals surface area contributed by atoms with E-state index in [9.17, 15) is 9.59 Å². The molecular formula is C13H12Cl2N4O4S2. The lowest BCUT2D eigenvalue weighted by Crippen LogP contribution is -2.06. The number of nitrogens with zero attached hydrogens (tertiary/aromatic N) is 4. The zero-order valence-electron chi connectivity index (χ0n) is 13.2. The Morgan fingerprint density at radius 2 is 1.44 bits per heavy atom. The zero-order chi connectivity index (χ0) is 19.0. The highest BCUT2D eigenvalue weighted by molar-refractivity contribution is 7.98. The van der Waals surface area contributed by atoms with Crippen molar-refractivity contribution in [2.24, 2.45) is 0 Å². The van der Waals surface area contributed by atoms with Crippen LogP contribution in [0.15, 0.2) is 22.7 Å². The molecule has 134 valence electrons. The molecule has 0 amide bonds. The summed E-state index contributed by atoms with van der Waals surface area (Å²) in [5.74, 6) is -1.69. The lowest BCUT2D eigenvalue weighted by atomic mass is 10.4. The molecule has 1 N–H and O–H groups in total. The number of thioether (sulfide) groups is 2. The summed E-state index contributed by atoms with van der Waals surface area (Å²) in [6.07, 6.45) is 6.23. The number of ether oxygens (including phenoxy) is 1. The van der Waals surface area contributed by atoms with E-state index in [1.54, 1.807) is 6.26 Å². The number of aromatic carboxylic acids is 1. The van der Waals surface area contributed by atoms with Gasteiger partial charge in [-0.3, -0.25) is 0 Å². The molecule has 25 heavy (non-hydrogen) atoms. The van der Waals surface area contributed by atoms with E-state index in [0.29, 0.717) is 10.3 Å². The number of carbonyl (C=O) groups excluding carboxylic acids is 1. The molecule has 0 aliphatic carbocycles. The summed E-state index contributed by atoms with van der Waals surface area (Å²) in [5.41, 5.74) is -0.0560. The quantitative estimate of drug-likeness (QED) is 0.447. The van der Waals surface area contributed by atoms with Crippen molar-refractivity contribution in [3.05, 3.63) is 33.8 Å².